The van der Waals surface area contributed by atoms with Crippen molar-refractivity contribution in [3.8, 4) is 0 Å². The number of rotatable bonds is 4. The van der Waals surface area contributed by atoms with Crippen LogP contribution in [0.2, 0.25) is 0 Å². The Hall–Kier alpha value is -1.59. The summed E-state index contributed by atoms with van der Waals surface area (Å²) < 4.78 is 5.41. The van der Waals surface area contributed by atoms with Crippen LogP contribution >= 0.6 is 0 Å². The molecule has 1 amide bonds. The second-order valence-electron chi connectivity index (χ2n) is 5.14. The second-order valence-corrected chi connectivity index (χ2v) is 5.14. The zero-order chi connectivity index (χ0) is 13.2. The lowest BCUT2D eigenvalue weighted by Crippen LogP contribution is -2.43. The first-order chi connectivity index (χ1) is 9.26. The Morgan fingerprint density at radius 2 is 2.00 bits per heavy atom. The van der Waals surface area contributed by atoms with Crippen molar-refractivity contribution in [2.24, 2.45) is 5.73 Å². The van der Waals surface area contributed by atoms with Crippen LogP contribution in [0, 0.1) is 0 Å². The number of benzene rings is 1. The van der Waals surface area contributed by atoms with Gasteiger partial charge < -0.3 is 10.5 Å². The van der Waals surface area contributed by atoms with E-state index in [0.29, 0.717) is 13.1 Å². The van der Waals surface area contributed by atoms with Crippen molar-refractivity contribution < 1.29 is 9.53 Å². The van der Waals surface area contributed by atoms with E-state index in [-0.39, 0.29) is 12.2 Å². The van der Waals surface area contributed by atoms with E-state index in [9.17, 15) is 4.79 Å². The predicted octanol–water partition coefficient (Wildman–Crippen LogP) is 1.18. The molecule has 2 saturated heterocycles. The Bertz CT molecular complexity index is 456. The van der Waals surface area contributed by atoms with Gasteiger partial charge in [-0.25, -0.2) is 4.79 Å². The molecule has 2 fully saturated rings. The van der Waals surface area contributed by atoms with Crippen molar-refractivity contribution in [1.82, 2.24) is 4.90 Å². The van der Waals surface area contributed by atoms with Crippen molar-refractivity contribution in [2.45, 2.75) is 19.1 Å². The molecule has 0 saturated carbocycles. The molecule has 102 valence electrons. The standard InChI is InChI=1S/C14H19N3O2/c15-8-11-2-4-12(5-3-11)17-10-13(19-14(17)18)9-16-6-1-7-16/h2-5,13H,1,6-10,15H2. The fraction of sp³-hybridized carbons (Fsp3) is 0.500. The van der Waals surface area contributed by atoms with E-state index in [4.69, 9.17) is 10.5 Å². The molecule has 0 aliphatic carbocycles. The highest BCUT2D eigenvalue weighted by atomic mass is 16.6. The first-order valence-electron chi connectivity index (χ1n) is 6.76. The molecule has 0 bridgehead atoms. The molecule has 2 aliphatic heterocycles. The van der Waals surface area contributed by atoms with Crippen molar-refractivity contribution >= 4 is 11.8 Å². The third-order valence-corrected chi connectivity index (χ3v) is 3.77. The Kier molecular flexibility index (Phi) is 3.40. The van der Waals surface area contributed by atoms with Crippen LogP contribution in [0.15, 0.2) is 24.3 Å². The van der Waals surface area contributed by atoms with Crippen LogP contribution in [0.1, 0.15) is 12.0 Å². The summed E-state index contributed by atoms with van der Waals surface area (Å²) in [5.74, 6) is 0. The van der Waals surface area contributed by atoms with Crippen LogP contribution in [0.5, 0.6) is 0 Å². The SMILES string of the molecule is NCc1ccc(N2CC(CN3CCC3)OC2=O)cc1. The molecule has 0 radical (unpaired) electrons. The number of likely N-dealkylation sites (tertiary alicyclic amines) is 1. The van der Waals surface area contributed by atoms with Crippen LogP contribution in [0.25, 0.3) is 0 Å². The molecule has 1 aromatic rings. The van der Waals surface area contributed by atoms with Crippen LogP contribution < -0.4 is 10.6 Å². The molecule has 5 heteroatoms. The summed E-state index contributed by atoms with van der Waals surface area (Å²) in [6.07, 6.45) is 0.998. The lowest BCUT2D eigenvalue weighted by Gasteiger charge is -2.31. The first-order valence-corrected chi connectivity index (χ1v) is 6.76. The maximum absolute atomic E-state index is 11.9. The highest BCUT2D eigenvalue weighted by Gasteiger charge is 2.34. The quantitative estimate of drug-likeness (QED) is 0.884. The van der Waals surface area contributed by atoms with Gasteiger partial charge in [0.05, 0.1) is 6.54 Å². The Morgan fingerprint density at radius 1 is 1.26 bits per heavy atom. The third kappa shape index (κ3) is 2.57. The number of carbonyl (C=O) groups is 1. The normalized spacial score (nSPS) is 23.3. The van der Waals surface area contributed by atoms with Gasteiger partial charge >= 0.3 is 6.09 Å². The lowest BCUT2D eigenvalue weighted by molar-refractivity contribution is 0.0831. The second kappa shape index (κ2) is 5.19. The van der Waals surface area contributed by atoms with Crippen LogP contribution in [0.4, 0.5) is 10.5 Å². The molecule has 3 rings (SSSR count). The average molecular weight is 261 g/mol. The van der Waals surface area contributed by atoms with Gasteiger partial charge in [-0.2, -0.15) is 0 Å². The molecule has 1 atom stereocenters. The van der Waals surface area contributed by atoms with Crippen molar-refractivity contribution in [3.63, 3.8) is 0 Å². The fourth-order valence-corrected chi connectivity index (χ4v) is 2.49. The highest BCUT2D eigenvalue weighted by Crippen LogP contribution is 2.23. The number of carbonyl (C=O) groups excluding carboxylic acids is 1. The summed E-state index contributed by atoms with van der Waals surface area (Å²) in [4.78, 5) is 15.9. The average Bonchev–Trinajstić information content (AvgIpc) is 2.75. The van der Waals surface area contributed by atoms with Crippen LogP contribution in [0.3, 0.4) is 0 Å². The van der Waals surface area contributed by atoms with Gasteiger partial charge in [-0.05, 0) is 37.2 Å². The summed E-state index contributed by atoms with van der Waals surface area (Å²) in [5.41, 5.74) is 7.51. The number of cyclic esters (lactones) is 1. The molecule has 2 heterocycles. The fourth-order valence-electron chi connectivity index (χ4n) is 2.49. The van der Waals surface area contributed by atoms with Crippen molar-refractivity contribution in [1.29, 1.82) is 0 Å². The summed E-state index contributed by atoms with van der Waals surface area (Å²) in [6, 6.07) is 7.75. The minimum absolute atomic E-state index is 0.0121. The van der Waals surface area contributed by atoms with E-state index in [1.807, 2.05) is 24.3 Å². The molecule has 2 aliphatic rings. The van der Waals surface area contributed by atoms with E-state index < -0.39 is 0 Å². The van der Waals surface area contributed by atoms with E-state index in [1.165, 1.54) is 6.42 Å². The molecule has 0 spiro atoms. The summed E-state index contributed by atoms with van der Waals surface area (Å²) >= 11 is 0. The van der Waals surface area contributed by atoms with E-state index >= 15 is 0 Å². The summed E-state index contributed by atoms with van der Waals surface area (Å²) in [6.45, 7) is 4.25. The first kappa shape index (κ1) is 12.4. The highest BCUT2D eigenvalue weighted by molar-refractivity contribution is 5.89. The maximum atomic E-state index is 11.9. The monoisotopic (exact) mass is 261 g/mol. The minimum Gasteiger partial charge on any atom is -0.443 e. The molecule has 5 nitrogen and oxygen atoms in total. The third-order valence-electron chi connectivity index (χ3n) is 3.77. The molecular formula is C14H19N3O2. The number of hydrogen-bond donors (Lipinski definition) is 1. The zero-order valence-electron chi connectivity index (χ0n) is 10.9. The Morgan fingerprint density at radius 3 is 2.58 bits per heavy atom. The minimum atomic E-state index is -0.244. The van der Waals surface area contributed by atoms with Gasteiger partial charge in [0.1, 0.15) is 6.10 Å². The molecule has 2 N–H and O–H groups in total. The molecule has 1 unspecified atom stereocenters. The van der Waals surface area contributed by atoms with Gasteiger partial charge in [0, 0.05) is 18.8 Å². The molecule has 0 aromatic heterocycles. The van der Waals surface area contributed by atoms with Gasteiger partial charge in [-0.1, -0.05) is 12.1 Å². The zero-order valence-corrected chi connectivity index (χ0v) is 10.9. The number of nitrogens with zero attached hydrogens (tertiary/aromatic N) is 2. The maximum Gasteiger partial charge on any atom is 0.414 e. The number of nitrogens with two attached hydrogens (primary N) is 1. The Balaban J connectivity index is 1.65. The van der Waals surface area contributed by atoms with Crippen molar-refractivity contribution in [2.75, 3.05) is 31.1 Å². The largest absolute Gasteiger partial charge is 0.443 e. The predicted molar refractivity (Wildman–Crippen MR) is 73.0 cm³/mol. The molecule has 1 aromatic carbocycles. The summed E-state index contributed by atoms with van der Waals surface area (Å²) in [7, 11) is 0. The topological polar surface area (TPSA) is 58.8 Å². The summed E-state index contributed by atoms with van der Waals surface area (Å²) in [5, 5.41) is 0. The van der Waals surface area contributed by atoms with E-state index in [2.05, 4.69) is 4.90 Å². The van der Waals surface area contributed by atoms with Gasteiger partial charge in [-0.15, -0.1) is 0 Å². The van der Waals surface area contributed by atoms with Gasteiger partial charge in [-0.3, -0.25) is 9.80 Å². The smallest absolute Gasteiger partial charge is 0.414 e. The number of amides is 1. The number of hydrogen-bond acceptors (Lipinski definition) is 4. The van der Waals surface area contributed by atoms with Crippen molar-refractivity contribution in [3.05, 3.63) is 29.8 Å². The van der Waals surface area contributed by atoms with E-state index in [0.717, 1.165) is 30.9 Å². The molecular weight excluding hydrogens is 242 g/mol. The van der Waals surface area contributed by atoms with Gasteiger partial charge in [0.2, 0.25) is 0 Å². The number of ether oxygens (including phenoxy) is 1. The van der Waals surface area contributed by atoms with Gasteiger partial charge in [0.25, 0.3) is 0 Å². The number of anilines is 1. The van der Waals surface area contributed by atoms with E-state index in [1.54, 1.807) is 4.90 Å². The van der Waals surface area contributed by atoms with Crippen LogP contribution in [-0.2, 0) is 11.3 Å². The van der Waals surface area contributed by atoms with Crippen LogP contribution in [-0.4, -0.2) is 43.3 Å². The van der Waals surface area contributed by atoms with Gasteiger partial charge in [0.15, 0.2) is 0 Å². The Labute approximate surface area is 112 Å². The molecule has 19 heavy (non-hydrogen) atoms. The lowest BCUT2D eigenvalue weighted by atomic mass is 10.2.